The van der Waals surface area contributed by atoms with Gasteiger partial charge in [-0.1, -0.05) is 17.7 Å². The second-order valence-corrected chi connectivity index (χ2v) is 7.85. The quantitative estimate of drug-likeness (QED) is 0.806. The molecule has 0 bridgehead atoms. The van der Waals surface area contributed by atoms with E-state index in [1.54, 1.807) is 12.1 Å². The van der Waals surface area contributed by atoms with Crippen molar-refractivity contribution >= 4 is 15.9 Å². The molecule has 1 fully saturated rings. The first kappa shape index (κ1) is 17.9. The Kier molecular flexibility index (Phi) is 6.15. The SMILES string of the molecule is CNCCC(=O)NC1CCN(S(=O)(=O)c2ccc(C)cc2)CC1. The number of piperidine rings is 1. The Bertz CT molecular complexity index is 620. The molecule has 6 nitrogen and oxygen atoms in total. The molecule has 0 spiro atoms. The fourth-order valence-electron chi connectivity index (χ4n) is 2.64. The first-order chi connectivity index (χ1) is 10.9. The van der Waals surface area contributed by atoms with E-state index < -0.39 is 10.0 Å². The summed E-state index contributed by atoms with van der Waals surface area (Å²) in [5.41, 5.74) is 1.03. The van der Waals surface area contributed by atoms with Crippen LogP contribution in [0.5, 0.6) is 0 Å². The number of aryl methyl sites for hydroxylation is 1. The van der Waals surface area contributed by atoms with Crippen LogP contribution < -0.4 is 10.6 Å². The molecule has 0 aromatic heterocycles. The van der Waals surface area contributed by atoms with Crippen LogP contribution in [0.3, 0.4) is 0 Å². The Balaban J connectivity index is 1.91. The predicted molar refractivity (Wildman–Crippen MR) is 89.6 cm³/mol. The van der Waals surface area contributed by atoms with Crippen LogP contribution >= 0.6 is 0 Å². The molecule has 1 heterocycles. The molecule has 0 aliphatic carbocycles. The Morgan fingerprint density at radius 1 is 1.22 bits per heavy atom. The first-order valence-corrected chi connectivity index (χ1v) is 9.38. The monoisotopic (exact) mass is 339 g/mol. The fourth-order valence-corrected chi connectivity index (χ4v) is 4.11. The van der Waals surface area contributed by atoms with Gasteiger partial charge < -0.3 is 10.6 Å². The minimum Gasteiger partial charge on any atom is -0.353 e. The molecule has 0 radical (unpaired) electrons. The van der Waals surface area contributed by atoms with Crippen LogP contribution in [0.4, 0.5) is 0 Å². The summed E-state index contributed by atoms with van der Waals surface area (Å²) in [5.74, 6) is 0.0131. The maximum absolute atomic E-state index is 12.6. The van der Waals surface area contributed by atoms with Gasteiger partial charge in [-0.3, -0.25) is 4.79 Å². The Labute approximate surface area is 138 Å². The molecule has 2 rings (SSSR count). The average Bonchev–Trinajstić information content (AvgIpc) is 2.54. The van der Waals surface area contributed by atoms with Gasteiger partial charge in [0.15, 0.2) is 0 Å². The zero-order chi connectivity index (χ0) is 16.9. The van der Waals surface area contributed by atoms with Gasteiger partial charge in [0, 0.05) is 32.1 Å². The molecule has 7 heteroatoms. The fraction of sp³-hybridized carbons (Fsp3) is 0.562. The molecular weight excluding hydrogens is 314 g/mol. The van der Waals surface area contributed by atoms with Gasteiger partial charge in [0.2, 0.25) is 15.9 Å². The number of rotatable bonds is 6. The van der Waals surface area contributed by atoms with E-state index >= 15 is 0 Å². The summed E-state index contributed by atoms with van der Waals surface area (Å²) in [6.07, 6.45) is 1.74. The number of sulfonamides is 1. The number of hydrogen-bond acceptors (Lipinski definition) is 4. The first-order valence-electron chi connectivity index (χ1n) is 7.94. The van der Waals surface area contributed by atoms with Crippen molar-refractivity contribution in [1.82, 2.24) is 14.9 Å². The lowest BCUT2D eigenvalue weighted by Gasteiger charge is -2.31. The largest absolute Gasteiger partial charge is 0.353 e. The molecule has 128 valence electrons. The van der Waals surface area contributed by atoms with E-state index in [2.05, 4.69) is 10.6 Å². The van der Waals surface area contributed by atoms with Crippen LogP contribution in [0.2, 0.25) is 0 Å². The molecule has 1 amide bonds. The van der Waals surface area contributed by atoms with Crippen LogP contribution in [-0.2, 0) is 14.8 Å². The van der Waals surface area contributed by atoms with E-state index in [4.69, 9.17) is 0 Å². The second kappa shape index (κ2) is 7.90. The van der Waals surface area contributed by atoms with E-state index in [1.165, 1.54) is 4.31 Å². The van der Waals surface area contributed by atoms with Crippen LogP contribution in [0.25, 0.3) is 0 Å². The summed E-state index contributed by atoms with van der Waals surface area (Å²) >= 11 is 0. The molecule has 0 unspecified atom stereocenters. The number of nitrogens with one attached hydrogen (secondary N) is 2. The van der Waals surface area contributed by atoms with Gasteiger partial charge in [-0.2, -0.15) is 4.31 Å². The van der Waals surface area contributed by atoms with E-state index in [0.29, 0.717) is 43.8 Å². The predicted octanol–water partition coefficient (Wildman–Crippen LogP) is 0.874. The number of hydrogen-bond donors (Lipinski definition) is 2. The van der Waals surface area contributed by atoms with Crippen LogP contribution in [0, 0.1) is 6.92 Å². The van der Waals surface area contributed by atoms with E-state index in [-0.39, 0.29) is 11.9 Å². The highest BCUT2D eigenvalue weighted by Crippen LogP contribution is 2.21. The highest BCUT2D eigenvalue weighted by molar-refractivity contribution is 7.89. The van der Waals surface area contributed by atoms with Crippen molar-refractivity contribution in [3.05, 3.63) is 29.8 Å². The van der Waals surface area contributed by atoms with Gasteiger partial charge >= 0.3 is 0 Å². The summed E-state index contributed by atoms with van der Waals surface area (Å²) in [5, 5.41) is 5.91. The van der Waals surface area contributed by atoms with Crippen molar-refractivity contribution in [2.24, 2.45) is 0 Å². The van der Waals surface area contributed by atoms with Gasteiger partial charge in [-0.25, -0.2) is 8.42 Å². The second-order valence-electron chi connectivity index (χ2n) is 5.91. The molecule has 1 aromatic rings. The molecule has 1 aromatic carbocycles. The number of benzene rings is 1. The minimum atomic E-state index is -3.43. The van der Waals surface area contributed by atoms with Gasteiger partial charge in [0.25, 0.3) is 0 Å². The van der Waals surface area contributed by atoms with Crippen molar-refractivity contribution in [1.29, 1.82) is 0 Å². The van der Waals surface area contributed by atoms with Crippen molar-refractivity contribution in [3.8, 4) is 0 Å². The highest BCUT2D eigenvalue weighted by atomic mass is 32.2. The third kappa shape index (κ3) is 4.76. The van der Waals surface area contributed by atoms with Gasteiger partial charge in [0.1, 0.15) is 0 Å². The van der Waals surface area contributed by atoms with Crippen molar-refractivity contribution in [2.45, 2.75) is 37.1 Å². The van der Waals surface area contributed by atoms with Gasteiger partial charge in [-0.15, -0.1) is 0 Å². The zero-order valence-electron chi connectivity index (χ0n) is 13.7. The van der Waals surface area contributed by atoms with Crippen LogP contribution in [-0.4, -0.2) is 51.4 Å². The van der Waals surface area contributed by atoms with E-state index in [9.17, 15) is 13.2 Å². The molecule has 0 atom stereocenters. The van der Waals surface area contributed by atoms with Gasteiger partial charge in [-0.05, 0) is 38.9 Å². The standard InChI is InChI=1S/C16H25N3O3S/c1-13-3-5-15(6-4-13)23(21,22)19-11-8-14(9-12-19)18-16(20)7-10-17-2/h3-6,14,17H,7-12H2,1-2H3,(H,18,20). The van der Waals surface area contributed by atoms with Crippen molar-refractivity contribution in [2.75, 3.05) is 26.7 Å². The Morgan fingerprint density at radius 2 is 1.83 bits per heavy atom. The van der Waals surface area contributed by atoms with Crippen LogP contribution in [0.15, 0.2) is 29.2 Å². The summed E-state index contributed by atoms with van der Waals surface area (Å²) in [4.78, 5) is 12.1. The lowest BCUT2D eigenvalue weighted by atomic mass is 10.1. The van der Waals surface area contributed by atoms with Crippen molar-refractivity contribution < 1.29 is 13.2 Å². The maximum atomic E-state index is 12.6. The molecule has 2 N–H and O–H groups in total. The lowest BCUT2D eigenvalue weighted by Crippen LogP contribution is -2.46. The lowest BCUT2D eigenvalue weighted by molar-refractivity contribution is -0.121. The summed E-state index contributed by atoms with van der Waals surface area (Å²) < 4.78 is 26.7. The average molecular weight is 339 g/mol. The zero-order valence-corrected chi connectivity index (χ0v) is 14.5. The number of carbonyl (C=O) groups excluding carboxylic acids is 1. The number of nitrogens with zero attached hydrogens (tertiary/aromatic N) is 1. The summed E-state index contributed by atoms with van der Waals surface area (Å²) in [7, 11) is -1.63. The Morgan fingerprint density at radius 3 is 2.39 bits per heavy atom. The topological polar surface area (TPSA) is 78.5 Å². The van der Waals surface area contributed by atoms with Crippen molar-refractivity contribution in [3.63, 3.8) is 0 Å². The summed E-state index contributed by atoms with van der Waals surface area (Å²) in [6.45, 7) is 3.45. The number of amides is 1. The van der Waals surface area contributed by atoms with E-state index in [1.807, 2.05) is 26.1 Å². The molecular formula is C16H25N3O3S. The molecule has 1 saturated heterocycles. The van der Waals surface area contributed by atoms with Crippen LogP contribution in [0.1, 0.15) is 24.8 Å². The summed E-state index contributed by atoms with van der Waals surface area (Å²) in [6, 6.07) is 6.97. The third-order valence-electron chi connectivity index (χ3n) is 4.08. The smallest absolute Gasteiger partial charge is 0.243 e. The molecule has 23 heavy (non-hydrogen) atoms. The maximum Gasteiger partial charge on any atom is 0.243 e. The molecule has 1 aliphatic rings. The molecule has 1 aliphatic heterocycles. The van der Waals surface area contributed by atoms with E-state index in [0.717, 1.165) is 5.56 Å². The van der Waals surface area contributed by atoms with Gasteiger partial charge in [0.05, 0.1) is 4.90 Å². The Hall–Kier alpha value is -1.44. The third-order valence-corrected chi connectivity index (χ3v) is 5.99. The highest BCUT2D eigenvalue weighted by Gasteiger charge is 2.29. The molecule has 0 saturated carbocycles. The number of carbonyl (C=O) groups is 1. The minimum absolute atomic E-state index is 0.0131. The normalized spacial score (nSPS) is 17.1.